The fourth-order valence-electron chi connectivity index (χ4n) is 4.07. The van der Waals surface area contributed by atoms with Gasteiger partial charge in [0, 0.05) is 12.2 Å². The van der Waals surface area contributed by atoms with E-state index in [1.807, 2.05) is 17.2 Å². The molecule has 0 aliphatic carbocycles. The highest BCUT2D eigenvalue weighted by molar-refractivity contribution is 8.16. The van der Waals surface area contributed by atoms with E-state index in [1.165, 1.54) is 18.9 Å². The highest BCUT2D eigenvalue weighted by Crippen LogP contribution is 2.46. The van der Waals surface area contributed by atoms with Gasteiger partial charge in [-0.1, -0.05) is 56.3 Å². The molecule has 1 aromatic rings. The molecule has 0 fully saturated rings. The molecular formula is C25H33N3O3S. The minimum atomic E-state index is -0.382. The lowest BCUT2D eigenvalue weighted by atomic mass is 9.89. The predicted molar refractivity (Wildman–Crippen MR) is 130 cm³/mol. The Balaban J connectivity index is 1.99. The minimum Gasteiger partial charge on any atom is -0.466 e. The van der Waals surface area contributed by atoms with Crippen molar-refractivity contribution >= 4 is 28.8 Å². The highest BCUT2D eigenvalue weighted by Gasteiger charge is 2.41. The molecule has 0 bridgehead atoms. The van der Waals surface area contributed by atoms with E-state index in [0.29, 0.717) is 24.5 Å². The number of hydrogen-bond donors (Lipinski definition) is 1. The number of esters is 1. The molecule has 2 aliphatic rings. The van der Waals surface area contributed by atoms with E-state index in [9.17, 15) is 9.59 Å². The third kappa shape index (κ3) is 5.09. The maximum absolute atomic E-state index is 12.9. The van der Waals surface area contributed by atoms with Crippen molar-refractivity contribution in [2.45, 2.75) is 59.9 Å². The van der Waals surface area contributed by atoms with Gasteiger partial charge in [-0.2, -0.15) is 0 Å². The highest BCUT2D eigenvalue weighted by atomic mass is 32.2. The lowest BCUT2D eigenvalue weighted by Crippen LogP contribution is -2.38. The Morgan fingerprint density at radius 1 is 1.28 bits per heavy atom. The van der Waals surface area contributed by atoms with Gasteiger partial charge < -0.3 is 15.0 Å². The quantitative estimate of drug-likeness (QED) is 0.559. The molecule has 1 N–H and O–H groups in total. The van der Waals surface area contributed by atoms with Crippen molar-refractivity contribution < 1.29 is 14.3 Å². The Hall–Kier alpha value is -2.54. The van der Waals surface area contributed by atoms with Gasteiger partial charge in [-0.15, -0.1) is 0 Å². The summed E-state index contributed by atoms with van der Waals surface area (Å²) in [5.74, 6) is 0.127. The lowest BCUT2D eigenvalue weighted by molar-refractivity contribution is -0.136. The number of aliphatic imine (C=N–C) groups is 1. The normalized spacial score (nSPS) is 17.8. The predicted octanol–water partition coefficient (Wildman–Crippen LogP) is 4.99. The number of carbonyl (C=O) groups excluding carboxylic acids is 2. The molecule has 6 nitrogen and oxygen atoms in total. The smallest absolute Gasteiger partial charge is 0.338 e. The van der Waals surface area contributed by atoms with E-state index in [-0.39, 0.29) is 24.3 Å². The van der Waals surface area contributed by atoms with E-state index >= 15 is 0 Å². The maximum atomic E-state index is 12.9. The van der Waals surface area contributed by atoms with E-state index in [0.717, 1.165) is 39.7 Å². The first-order valence-electron chi connectivity index (χ1n) is 11.2. The summed E-state index contributed by atoms with van der Waals surface area (Å²) in [7, 11) is 1.40. The fourth-order valence-corrected chi connectivity index (χ4v) is 5.00. The van der Waals surface area contributed by atoms with Crippen LogP contribution in [0.1, 0.15) is 62.8 Å². The number of hydrogen-bond acceptors (Lipinski definition) is 6. The van der Waals surface area contributed by atoms with Gasteiger partial charge in [0.1, 0.15) is 0 Å². The van der Waals surface area contributed by atoms with Gasteiger partial charge >= 0.3 is 5.97 Å². The van der Waals surface area contributed by atoms with Gasteiger partial charge in [-0.25, -0.2) is 9.79 Å². The van der Waals surface area contributed by atoms with Gasteiger partial charge in [0.15, 0.2) is 5.17 Å². The Morgan fingerprint density at radius 3 is 2.66 bits per heavy atom. The molecule has 0 unspecified atom stereocenters. The summed E-state index contributed by atoms with van der Waals surface area (Å²) in [4.78, 5) is 32.4. The van der Waals surface area contributed by atoms with Crippen molar-refractivity contribution in [2.75, 3.05) is 13.7 Å². The van der Waals surface area contributed by atoms with Gasteiger partial charge in [-0.3, -0.25) is 4.79 Å². The molecule has 1 amide bonds. The number of methoxy groups -OCH3 is 1. The molecule has 0 saturated carbocycles. The minimum absolute atomic E-state index is 0.0250. The number of amides is 1. The van der Waals surface area contributed by atoms with E-state index < -0.39 is 0 Å². The molecule has 0 radical (unpaired) electrons. The van der Waals surface area contributed by atoms with Crippen LogP contribution in [0.2, 0.25) is 0 Å². The third-order valence-electron chi connectivity index (χ3n) is 5.73. The molecule has 2 aliphatic heterocycles. The number of amidine groups is 1. The molecule has 0 aromatic heterocycles. The molecular weight excluding hydrogens is 422 g/mol. The second kappa shape index (κ2) is 10.4. The van der Waals surface area contributed by atoms with Crippen LogP contribution in [0.5, 0.6) is 0 Å². The van der Waals surface area contributed by atoms with Crippen LogP contribution in [0.15, 0.2) is 45.6 Å². The summed E-state index contributed by atoms with van der Waals surface area (Å²) in [6.07, 6.45) is 1.80. The van der Waals surface area contributed by atoms with Crippen LogP contribution in [0.4, 0.5) is 0 Å². The van der Waals surface area contributed by atoms with E-state index in [1.54, 1.807) is 0 Å². The van der Waals surface area contributed by atoms with E-state index in [2.05, 4.69) is 51.2 Å². The third-order valence-corrected chi connectivity index (χ3v) is 6.62. The second-order valence-corrected chi connectivity index (χ2v) is 9.51. The van der Waals surface area contributed by atoms with Crippen molar-refractivity contribution in [3.63, 3.8) is 0 Å². The van der Waals surface area contributed by atoms with Crippen molar-refractivity contribution in [2.24, 2.45) is 10.9 Å². The average Bonchev–Trinajstić information content (AvgIpc) is 3.14. The van der Waals surface area contributed by atoms with Gasteiger partial charge in [-0.05, 0) is 49.1 Å². The first kappa shape index (κ1) is 24.1. The van der Waals surface area contributed by atoms with E-state index in [4.69, 9.17) is 9.73 Å². The number of rotatable bonds is 8. The average molecular weight is 456 g/mol. The van der Waals surface area contributed by atoms with Crippen LogP contribution in [-0.4, -0.2) is 35.6 Å². The Morgan fingerprint density at radius 2 is 2.03 bits per heavy atom. The number of aryl methyl sites for hydroxylation is 2. The SMILES string of the molecule is CCC1=C(C(=O)OC)[C@H](c2ccc(C)cc2C)N2C(CC(=O)NCCC(C)C)=CSC2=N1. The number of thioether (sulfide) groups is 1. The fraction of sp³-hybridized carbons (Fsp3) is 0.480. The zero-order chi connectivity index (χ0) is 23.4. The molecule has 0 spiro atoms. The largest absolute Gasteiger partial charge is 0.466 e. The number of fused-ring (bicyclic) bond motifs is 1. The van der Waals surface area contributed by atoms with Gasteiger partial charge in [0.2, 0.25) is 5.91 Å². The van der Waals surface area contributed by atoms with Gasteiger partial charge in [0.05, 0.1) is 30.8 Å². The zero-order valence-electron chi connectivity index (χ0n) is 19.8. The summed E-state index contributed by atoms with van der Waals surface area (Å²) in [5, 5.41) is 5.79. The Kier molecular flexibility index (Phi) is 7.82. The van der Waals surface area contributed by atoms with Crippen LogP contribution in [0, 0.1) is 19.8 Å². The topological polar surface area (TPSA) is 71.0 Å². The number of nitrogens with zero attached hydrogens (tertiary/aromatic N) is 2. The molecule has 32 heavy (non-hydrogen) atoms. The Bertz CT molecular complexity index is 994. The zero-order valence-corrected chi connectivity index (χ0v) is 20.6. The van der Waals surface area contributed by atoms with Crippen molar-refractivity contribution in [1.82, 2.24) is 10.2 Å². The number of allylic oxidation sites excluding steroid dienone is 1. The number of nitrogens with one attached hydrogen (secondary N) is 1. The van der Waals surface area contributed by atoms with Crippen molar-refractivity contribution in [1.29, 1.82) is 0 Å². The number of ether oxygens (including phenoxy) is 1. The Labute approximate surface area is 195 Å². The summed E-state index contributed by atoms with van der Waals surface area (Å²) >= 11 is 1.50. The lowest BCUT2D eigenvalue weighted by Gasteiger charge is -2.37. The molecule has 3 rings (SSSR count). The molecule has 7 heteroatoms. The standard InChI is InChI=1S/C25H33N3O3S/c1-7-20-22(24(30)31-6)23(19-9-8-16(4)12-17(19)5)28-18(14-32-25(28)27-20)13-21(29)26-11-10-15(2)3/h8-9,12,14-15,23H,7,10-11,13H2,1-6H3,(H,26,29)/t23-/m0/s1. The number of carbonyl (C=O) groups is 2. The second-order valence-electron chi connectivity index (χ2n) is 8.67. The van der Waals surface area contributed by atoms with Crippen LogP contribution in [-0.2, 0) is 14.3 Å². The first-order chi connectivity index (χ1) is 15.3. The molecule has 2 heterocycles. The molecule has 172 valence electrons. The van der Waals surface area contributed by atoms with Crippen LogP contribution in [0.3, 0.4) is 0 Å². The van der Waals surface area contributed by atoms with Crippen LogP contribution >= 0.6 is 11.8 Å². The maximum Gasteiger partial charge on any atom is 0.338 e. The first-order valence-corrected chi connectivity index (χ1v) is 12.0. The molecule has 1 atom stereocenters. The summed E-state index contributed by atoms with van der Waals surface area (Å²) in [5.41, 5.74) is 5.38. The monoisotopic (exact) mass is 455 g/mol. The van der Waals surface area contributed by atoms with Gasteiger partial charge in [0.25, 0.3) is 0 Å². The van der Waals surface area contributed by atoms with Crippen molar-refractivity contribution in [3.05, 3.63) is 57.3 Å². The van der Waals surface area contributed by atoms with Crippen LogP contribution in [0.25, 0.3) is 0 Å². The summed E-state index contributed by atoms with van der Waals surface area (Å²) in [6.45, 7) is 11.0. The molecule has 1 aromatic carbocycles. The molecule has 0 saturated heterocycles. The summed E-state index contributed by atoms with van der Waals surface area (Å²) in [6, 6.07) is 5.86. The van der Waals surface area contributed by atoms with Crippen molar-refractivity contribution in [3.8, 4) is 0 Å². The summed E-state index contributed by atoms with van der Waals surface area (Å²) < 4.78 is 5.18. The van der Waals surface area contributed by atoms with Crippen LogP contribution < -0.4 is 5.32 Å². The number of benzene rings is 1.